The van der Waals surface area contributed by atoms with E-state index in [4.69, 9.17) is 4.74 Å². The Morgan fingerprint density at radius 3 is 2.64 bits per heavy atom. The van der Waals surface area contributed by atoms with Gasteiger partial charge in [-0.05, 0) is 56.6 Å². The van der Waals surface area contributed by atoms with Crippen molar-refractivity contribution in [1.82, 2.24) is 9.78 Å². The summed E-state index contributed by atoms with van der Waals surface area (Å²) in [6.45, 7) is 6.65. The van der Waals surface area contributed by atoms with Crippen LogP contribution in [0, 0.1) is 23.6 Å². The number of hydrogen-bond acceptors (Lipinski definition) is 5. The molecule has 1 aliphatic carbocycles. The molecular formula is C27H36FN5O3. The lowest BCUT2D eigenvalue weighted by molar-refractivity contribution is -0.132. The van der Waals surface area contributed by atoms with E-state index in [9.17, 15) is 9.59 Å². The summed E-state index contributed by atoms with van der Waals surface area (Å²) in [5, 5.41) is 13.3. The van der Waals surface area contributed by atoms with Gasteiger partial charge in [0.15, 0.2) is 0 Å². The standard InChI is InChI=1S/C27H36FN5O3/c1-3-33-22(8-11-30-33)32-26(35)23(18-6-4-17(2)5-7-18)25(34)31-19-14-20(28)24-21(15-19)29-16-27(24)9-12-36-13-10-27/h8,11,14-15,17-18,23,29H,3-7,9-10,12-13,16H2,1-2H3,(H,31,34)(H,32,35)/t17?,18?,23-/m0/s1. The third kappa shape index (κ3) is 4.73. The molecule has 8 nitrogen and oxygen atoms in total. The number of aryl methyl sites for hydroxylation is 1. The van der Waals surface area contributed by atoms with E-state index in [1.54, 1.807) is 23.0 Å². The minimum atomic E-state index is -0.871. The van der Waals surface area contributed by atoms with Crippen LogP contribution in [-0.2, 0) is 26.3 Å². The zero-order valence-electron chi connectivity index (χ0n) is 21.1. The maximum atomic E-state index is 15.4. The van der Waals surface area contributed by atoms with E-state index in [1.807, 2.05) is 6.92 Å². The van der Waals surface area contributed by atoms with E-state index in [0.29, 0.717) is 55.0 Å². The number of nitrogens with one attached hydrogen (secondary N) is 3. The minimum absolute atomic E-state index is 0.0675. The predicted octanol–water partition coefficient (Wildman–Crippen LogP) is 4.54. The van der Waals surface area contributed by atoms with Gasteiger partial charge in [0.25, 0.3) is 0 Å². The summed E-state index contributed by atoms with van der Waals surface area (Å²) < 4.78 is 22.6. The molecule has 1 aromatic heterocycles. The van der Waals surface area contributed by atoms with Crippen LogP contribution in [-0.4, -0.2) is 41.4 Å². The van der Waals surface area contributed by atoms with Gasteiger partial charge in [-0.2, -0.15) is 5.10 Å². The summed E-state index contributed by atoms with van der Waals surface area (Å²) in [6.07, 6.45) is 6.76. The van der Waals surface area contributed by atoms with E-state index in [2.05, 4.69) is 28.0 Å². The van der Waals surface area contributed by atoms with Gasteiger partial charge in [0.05, 0.1) is 6.20 Å². The molecular weight excluding hydrogens is 461 g/mol. The first-order valence-electron chi connectivity index (χ1n) is 13.2. The minimum Gasteiger partial charge on any atom is -0.384 e. The number of ether oxygens (including phenoxy) is 1. The fraction of sp³-hybridized carbons (Fsp3) is 0.593. The smallest absolute Gasteiger partial charge is 0.238 e. The highest BCUT2D eigenvalue weighted by atomic mass is 19.1. The number of rotatable bonds is 6. The van der Waals surface area contributed by atoms with Gasteiger partial charge in [0.1, 0.15) is 17.6 Å². The first kappa shape index (κ1) is 24.7. The SMILES string of the molecule is CCn1nccc1NC(=O)[C@H](C(=O)Nc1cc(F)c2c(c1)NCC21CCOCC1)C1CCC(C)CC1. The zero-order chi connectivity index (χ0) is 25.3. The molecule has 2 fully saturated rings. The lowest BCUT2D eigenvalue weighted by Gasteiger charge is -2.33. The molecule has 3 heterocycles. The third-order valence-electron chi connectivity index (χ3n) is 8.32. The van der Waals surface area contributed by atoms with Gasteiger partial charge in [-0.25, -0.2) is 9.07 Å². The van der Waals surface area contributed by atoms with E-state index in [0.717, 1.165) is 38.5 Å². The lowest BCUT2D eigenvalue weighted by atomic mass is 9.75. The Balaban J connectivity index is 1.37. The number of halogens is 1. The molecule has 0 radical (unpaired) electrons. The highest BCUT2D eigenvalue weighted by molar-refractivity contribution is 6.11. The molecule has 1 aromatic carbocycles. The summed E-state index contributed by atoms with van der Waals surface area (Å²) in [7, 11) is 0. The Labute approximate surface area is 211 Å². The molecule has 194 valence electrons. The fourth-order valence-corrected chi connectivity index (χ4v) is 6.18. The van der Waals surface area contributed by atoms with E-state index in [1.165, 1.54) is 6.07 Å². The molecule has 3 N–H and O–H groups in total. The molecule has 3 aliphatic rings. The molecule has 1 saturated carbocycles. The van der Waals surface area contributed by atoms with Crippen molar-refractivity contribution < 1.29 is 18.7 Å². The summed E-state index contributed by atoms with van der Waals surface area (Å²) in [6, 6.07) is 4.92. The highest BCUT2D eigenvalue weighted by Gasteiger charge is 2.43. The first-order chi connectivity index (χ1) is 17.4. The molecule has 1 atom stereocenters. The van der Waals surface area contributed by atoms with Crippen molar-refractivity contribution in [2.45, 2.75) is 64.3 Å². The van der Waals surface area contributed by atoms with Crippen LogP contribution in [0.25, 0.3) is 0 Å². The summed E-state index contributed by atoms with van der Waals surface area (Å²) in [5.74, 6) is -0.848. The van der Waals surface area contributed by atoms with Gasteiger partial charge in [-0.15, -0.1) is 0 Å². The Hall–Kier alpha value is -2.94. The number of carbonyl (C=O) groups excluding carboxylic acids is 2. The van der Waals surface area contributed by atoms with Crippen LogP contribution >= 0.6 is 0 Å². The van der Waals surface area contributed by atoms with E-state index in [-0.39, 0.29) is 23.1 Å². The van der Waals surface area contributed by atoms with Crippen LogP contribution < -0.4 is 16.0 Å². The number of aromatic nitrogens is 2. The number of benzene rings is 1. The second-order valence-corrected chi connectivity index (χ2v) is 10.6. The van der Waals surface area contributed by atoms with Crippen molar-refractivity contribution in [2.24, 2.45) is 17.8 Å². The van der Waals surface area contributed by atoms with Crippen molar-refractivity contribution in [2.75, 3.05) is 35.7 Å². The number of hydrogen-bond donors (Lipinski definition) is 3. The summed E-state index contributed by atoms with van der Waals surface area (Å²) in [5.41, 5.74) is 1.51. The van der Waals surface area contributed by atoms with Crippen LogP contribution in [0.15, 0.2) is 24.4 Å². The van der Waals surface area contributed by atoms with Gasteiger partial charge in [-0.1, -0.05) is 19.8 Å². The molecule has 9 heteroatoms. The lowest BCUT2D eigenvalue weighted by Crippen LogP contribution is -2.40. The second-order valence-electron chi connectivity index (χ2n) is 10.6. The highest BCUT2D eigenvalue weighted by Crippen LogP contribution is 2.46. The van der Waals surface area contributed by atoms with Crippen molar-refractivity contribution in [1.29, 1.82) is 0 Å². The van der Waals surface area contributed by atoms with Gasteiger partial charge >= 0.3 is 0 Å². The maximum absolute atomic E-state index is 15.4. The fourth-order valence-electron chi connectivity index (χ4n) is 6.18. The van der Waals surface area contributed by atoms with Gasteiger partial charge < -0.3 is 20.7 Å². The summed E-state index contributed by atoms with van der Waals surface area (Å²) in [4.78, 5) is 27.0. The third-order valence-corrected chi connectivity index (χ3v) is 8.32. The molecule has 2 aromatic rings. The number of amides is 2. The average Bonchev–Trinajstić information content (AvgIpc) is 3.45. The van der Waals surface area contributed by atoms with Gasteiger partial charge in [0.2, 0.25) is 11.8 Å². The molecule has 0 bridgehead atoms. The summed E-state index contributed by atoms with van der Waals surface area (Å²) >= 11 is 0. The van der Waals surface area contributed by atoms with Crippen molar-refractivity contribution >= 4 is 29.0 Å². The molecule has 2 aliphatic heterocycles. The number of fused-ring (bicyclic) bond motifs is 2. The van der Waals surface area contributed by atoms with Crippen molar-refractivity contribution in [3.05, 3.63) is 35.8 Å². The van der Waals surface area contributed by atoms with Crippen LogP contribution in [0.3, 0.4) is 0 Å². The Bertz CT molecular complexity index is 1120. The van der Waals surface area contributed by atoms with E-state index < -0.39 is 11.8 Å². The number of anilines is 3. The van der Waals surface area contributed by atoms with Gasteiger partial charge in [-0.3, -0.25) is 9.59 Å². The molecule has 1 saturated heterocycles. The number of nitrogens with zero attached hydrogens (tertiary/aromatic N) is 2. The Morgan fingerprint density at radius 2 is 1.92 bits per heavy atom. The number of carbonyl (C=O) groups is 2. The monoisotopic (exact) mass is 497 g/mol. The molecule has 2 amide bonds. The molecule has 0 unspecified atom stereocenters. The topological polar surface area (TPSA) is 97.3 Å². The van der Waals surface area contributed by atoms with E-state index >= 15 is 4.39 Å². The quantitative estimate of drug-likeness (QED) is 0.510. The zero-order valence-corrected chi connectivity index (χ0v) is 21.1. The molecule has 1 spiro atoms. The molecule has 5 rings (SSSR count). The predicted molar refractivity (Wildman–Crippen MR) is 136 cm³/mol. The second kappa shape index (κ2) is 10.2. The van der Waals surface area contributed by atoms with Crippen LogP contribution in [0.2, 0.25) is 0 Å². The van der Waals surface area contributed by atoms with Crippen LogP contribution in [0.1, 0.15) is 57.9 Å². The Morgan fingerprint density at radius 1 is 1.19 bits per heavy atom. The Kier molecular flexibility index (Phi) is 7.01. The van der Waals surface area contributed by atoms with Crippen LogP contribution in [0.5, 0.6) is 0 Å². The first-order valence-corrected chi connectivity index (χ1v) is 13.2. The van der Waals surface area contributed by atoms with Crippen LogP contribution in [0.4, 0.5) is 21.6 Å². The van der Waals surface area contributed by atoms with Gasteiger partial charge in [0, 0.05) is 54.7 Å². The van der Waals surface area contributed by atoms with Crippen molar-refractivity contribution in [3.8, 4) is 0 Å². The normalized spacial score (nSPS) is 23.5. The average molecular weight is 498 g/mol. The molecule has 36 heavy (non-hydrogen) atoms. The largest absolute Gasteiger partial charge is 0.384 e. The maximum Gasteiger partial charge on any atom is 0.238 e. The van der Waals surface area contributed by atoms with Crippen molar-refractivity contribution in [3.63, 3.8) is 0 Å².